The van der Waals surface area contributed by atoms with Crippen molar-refractivity contribution < 1.29 is 19.1 Å². The lowest BCUT2D eigenvalue weighted by atomic mass is 10.0. The molecule has 3 rings (SSSR count). The number of aromatic amines is 1. The summed E-state index contributed by atoms with van der Waals surface area (Å²) in [6.45, 7) is 6.93. The van der Waals surface area contributed by atoms with Crippen LogP contribution in [-0.4, -0.2) is 28.8 Å². The molecule has 1 atom stereocenters. The van der Waals surface area contributed by atoms with E-state index in [-0.39, 0.29) is 17.8 Å². The van der Waals surface area contributed by atoms with Crippen molar-refractivity contribution in [2.45, 2.75) is 40.2 Å². The highest BCUT2D eigenvalue weighted by atomic mass is 32.1. The van der Waals surface area contributed by atoms with E-state index in [2.05, 4.69) is 9.97 Å². The standard InChI is InChI=1S/C21H22N2O5S/c1-10-13(4)29-21-18(10)20(26)22-19(23-21)12(3)28-17(25)9-15-8-14(11(2)24)6-7-16(15)27-5/h6-8,12H,9H2,1-5H3,(H,22,23,26)/t12-/m1/s1. The van der Waals surface area contributed by atoms with Gasteiger partial charge in [0, 0.05) is 16.0 Å². The van der Waals surface area contributed by atoms with Crippen molar-refractivity contribution in [2.24, 2.45) is 0 Å². The third kappa shape index (κ3) is 4.22. The third-order valence-corrected chi connectivity index (χ3v) is 5.87. The van der Waals surface area contributed by atoms with Gasteiger partial charge in [-0.05, 0) is 51.5 Å². The average molecular weight is 414 g/mol. The molecule has 0 amide bonds. The summed E-state index contributed by atoms with van der Waals surface area (Å²) in [5.74, 6) is 0.170. The SMILES string of the molecule is COc1ccc(C(C)=O)cc1CC(=O)O[C@H](C)c1nc2sc(C)c(C)c2c(=O)[nH]1. The molecule has 0 saturated carbocycles. The molecule has 3 aromatic rings. The zero-order chi connectivity index (χ0) is 21.3. The Balaban J connectivity index is 1.81. The zero-order valence-corrected chi connectivity index (χ0v) is 17.7. The maximum Gasteiger partial charge on any atom is 0.311 e. The molecule has 7 nitrogen and oxygen atoms in total. The van der Waals surface area contributed by atoms with Crippen LogP contribution < -0.4 is 10.3 Å². The van der Waals surface area contributed by atoms with Gasteiger partial charge in [0.25, 0.3) is 5.56 Å². The van der Waals surface area contributed by atoms with E-state index in [9.17, 15) is 14.4 Å². The van der Waals surface area contributed by atoms with Crippen molar-refractivity contribution in [2.75, 3.05) is 7.11 Å². The maximum atomic E-state index is 12.5. The molecule has 8 heteroatoms. The quantitative estimate of drug-likeness (QED) is 0.488. The molecular weight excluding hydrogens is 392 g/mol. The molecule has 29 heavy (non-hydrogen) atoms. The molecule has 2 heterocycles. The molecule has 2 aromatic heterocycles. The minimum absolute atomic E-state index is 0.0711. The fourth-order valence-electron chi connectivity index (χ4n) is 3.05. The van der Waals surface area contributed by atoms with Gasteiger partial charge in [-0.3, -0.25) is 14.4 Å². The second kappa shape index (κ2) is 8.16. The topological polar surface area (TPSA) is 98.3 Å². The van der Waals surface area contributed by atoms with Crippen LogP contribution in [0.1, 0.15) is 52.1 Å². The highest BCUT2D eigenvalue weighted by molar-refractivity contribution is 7.18. The van der Waals surface area contributed by atoms with E-state index in [4.69, 9.17) is 9.47 Å². The van der Waals surface area contributed by atoms with Crippen molar-refractivity contribution in [3.05, 3.63) is 55.9 Å². The highest BCUT2D eigenvalue weighted by Crippen LogP contribution is 2.27. The number of thiophene rings is 1. The van der Waals surface area contributed by atoms with Crippen LogP contribution in [0, 0.1) is 13.8 Å². The molecule has 0 aliphatic carbocycles. The van der Waals surface area contributed by atoms with Crippen LogP contribution in [-0.2, 0) is 16.0 Å². The van der Waals surface area contributed by atoms with Crippen LogP contribution in [0.15, 0.2) is 23.0 Å². The fourth-order valence-corrected chi connectivity index (χ4v) is 4.09. The first kappa shape index (κ1) is 20.7. The normalized spacial score (nSPS) is 12.0. The number of esters is 1. The number of hydrogen-bond donors (Lipinski definition) is 1. The molecule has 0 aliphatic heterocycles. The summed E-state index contributed by atoms with van der Waals surface area (Å²) in [4.78, 5) is 45.3. The zero-order valence-electron chi connectivity index (χ0n) is 16.9. The van der Waals surface area contributed by atoms with Crippen molar-refractivity contribution in [3.8, 4) is 5.75 Å². The average Bonchev–Trinajstić information content (AvgIpc) is 2.95. The summed E-state index contributed by atoms with van der Waals surface area (Å²) in [6, 6.07) is 4.92. The number of benzene rings is 1. The van der Waals surface area contributed by atoms with Gasteiger partial charge in [-0.2, -0.15) is 0 Å². The number of carbonyl (C=O) groups is 2. The van der Waals surface area contributed by atoms with Gasteiger partial charge in [-0.25, -0.2) is 4.98 Å². The number of Topliss-reactive ketones (excluding diaryl/α,β-unsaturated/α-hetero) is 1. The summed E-state index contributed by atoms with van der Waals surface area (Å²) >= 11 is 1.44. The first-order valence-corrected chi connectivity index (χ1v) is 9.90. The lowest BCUT2D eigenvalue weighted by Crippen LogP contribution is -2.18. The Bertz CT molecular complexity index is 1160. The van der Waals surface area contributed by atoms with E-state index in [0.29, 0.717) is 32.9 Å². The number of H-pyrrole nitrogens is 1. The van der Waals surface area contributed by atoms with Crippen molar-refractivity contribution in [1.82, 2.24) is 9.97 Å². The van der Waals surface area contributed by atoms with Crippen LogP contribution in [0.2, 0.25) is 0 Å². The first-order valence-electron chi connectivity index (χ1n) is 9.08. The predicted octanol–water partition coefficient (Wildman–Crippen LogP) is 3.66. The number of ketones is 1. The number of nitrogens with one attached hydrogen (secondary N) is 1. The molecule has 0 spiro atoms. The number of carbonyl (C=O) groups excluding carboxylic acids is 2. The molecule has 152 valence electrons. The van der Waals surface area contributed by atoms with Gasteiger partial charge < -0.3 is 14.5 Å². The van der Waals surface area contributed by atoms with E-state index in [1.54, 1.807) is 25.1 Å². The van der Waals surface area contributed by atoms with E-state index < -0.39 is 12.1 Å². The minimum Gasteiger partial charge on any atom is -0.496 e. The van der Waals surface area contributed by atoms with Gasteiger partial charge in [0.1, 0.15) is 10.6 Å². The fraction of sp³-hybridized carbons (Fsp3) is 0.333. The Kier molecular flexibility index (Phi) is 5.83. The lowest BCUT2D eigenvalue weighted by Gasteiger charge is -2.14. The van der Waals surface area contributed by atoms with Crippen molar-refractivity contribution >= 4 is 33.3 Å². The van der Waals surface area contributed by atoms with Gasteiger partial charge in [-0.15, -0.1) is 11.3 Å². The van der Waals surface area contributed by atoms with E-state index in [0.717, 1.165) is 10.4 Å². The number of aryl methyl sites for hydroxylation is 2. The monoisotopic (exact) mass is 414 g/mol. The number of ether oxygens (including phenoxy) is 2. The number of nitrogens with zero attached hydrogens (tertiary/aromatic N) is 1. The van der Waals surface area contributed by atoms with Crippen molar-refractivity contribution in [1.29, 1.82) is 0 Å². The minimum atomic E-state index is -0.732. The summed E-state index contributed by atoms with van der Waals surface area (Å²) in [7, 11) is 1.50. The number of methoxy groups -OCH3 is 1. The van der Waals surface area contributed by atoms with Gasteiger partial charge in [0.2, 0.25) is 0 Å². The van der Waals surface area contributed by atoms with Gasteiger partial charge in [0.05, 0.1) is 18.9 Å². The molecular formula is C21H22N2O5S. The largest absolute Gasteiger partial charge is 0.496 e. The van der Waals surface area contributed by atoms with Crippen LogP contribution in [0.4, 0.5) is 0 Å². The second-order valence-corrected chi connectivity index (χ2v) is 8.01. The molecule has 0 bridgehead atoms. The predicted molar refractivity (Wildman–Crippen MR) is 111 cm³/mol. The van der Waals surface area contributed by atoms with Crippen molar-refractivity contribution in [3.63, 3.8) is 0 Å². The van der Waals surface area contributed by atoms with Crippen LogP contribution in [0.5, 0.6) is 5.75 Å². The van der Waals surface area contributed by atoms with Crippen LogP contribution in [0.3, 0.4) is 0 Å². The Labute approximate surface area is 171 Å². The summed E-state index contributed by atoms with van der Waals surface area (Å²) in [5.41, 5.74) is 1.71. The van der Waals surface area contributed by atoms with Crippen LogP contribution >= 0.6 is 11.3 Å². The molecule has 0 aliphatic rings. The molecule has 0 radical (unpaired) electrons. The Morgan fingerprint density at radius 3 is 2.66 bits per heavy atom. The Morgan fingerprint density at radius 2 is 2.00 bits per heavy atom. The summed E-state index contributed by atoms with van der Waals surface area (Å²) in [5, 5.41) is 0.570. The van der Waals surface area contributed by atoms with Gasteiger partial charge in [0.15, 0.2) is 17.7 Å². The summed E-state index contributed by atoms with van der Waals surface area (Å²) < 4.78 is 10.7. The van der Waals surface area contributed by atoms with Crippen LogP contribution in [0.25, 0.3) is 10.2 Å². The lowest BCUT2D eigenvalue weighted by molar-refractivity contribution is -0.148. The second-order valence-electron chi connectivity index (χ2n) is 6.81. The maximum absolute atomic E-state index is 12.5. The number of fused-ring (bicyclic) bond motifs is 1. The molecule has 1 aromatic carbocycles. The van der Waals surface area contributed by atoms with Gasteiger partial charge in [-0.1, -0.05) is 0 Å². The number of aromatic nitrogens is 2. The summed E-state index contributed by atoms with van der Waals surface area (Å²) in [6.07, 6.45) is -0.803. The third-order valence-electron chi connectivity index (χ3n) is 4.77. The van der Waals surface area contributed by atoms with E-state index in [1.807, 2.05) is 13.8 Å². The first-order chi connectivity index (χ1) is 13.7. The molecule has 0 saturated heterocycles. The molecule has 1 N–H and O–H groups in total. The number of hydrogen-bond acceptors (Lipinski definition) is 7. The van der Waals surface area contributed by atoms with E-state index in [1.165, 1.54) is 25.4 Å². The van der Waals surface area contributed by atoms with Gasteiger partial charge >= 0.3 is 5.97 Å². The van der Waals surface area contributed by atoms with E-state index >= 15 is 0 Å². The molecule has 0 unspecified atom stereocenters. The Hall–Kier alpha value is -3.00. The Morgan fingerprint density at radius 1 is 1.28 bits per heavy atom. The highest BCUT2D eigenvalue weighted by Gasteiger charge is 2.19. The molecule has 0 fully saturated rings. The smallest absolute Gasteiger partial charge is 0.311 e. The number of rotatable bonds is 6.